The van der Waals surface area contributed by atoms with Gasteiger partial charge in [0.1, 0.15) is 34.0 Å². The highest BCUT2D eigenvalue weighted by atomic mass is 19.1. The summed E-state index contributed by atoms with van der Waals surface area (Å²) in [5.41, 5.74) is -0.227. The summed E-state index contributed by atoms with van der Waals surface area (Å²) in [6.45, 7) is 4.13. The van der Waals surface area contributed by atoms with Crippen molar-refractivity contribution in [2.24, 2.45) is 5.41 Å². The van der Waals surface area contributed by atoms with Crippen molar-refractivity contribution in [3.8, 4) is 41.2 Å². The van der Waals surface area contributed by atoms with Gasteiger partial charge in [-0.3, -0.25) is 4.90 Å². The minimum atomic E-state index is -0.783. The van der Waals surface area contributed by atoms with Crippen LogP contribution in [-0.4, -0.2) is 95.8 Å². The lowest BCUT2D eigenvalue weighted by Gasteiger charge is -2.51. The molecule has 6 heterocycles. The largest absolute Gasteiger partial charge is 0.508 e. The molecular formula is C37H37F2N5O5. The maximum atomic E-state index is 17.1. The average Bonchev–Trinajstić information content (AvgIpc) is 3.84. The van der Waals surface area contributed by atoms with E-state index in [-0.39, 0.29) is 62.9 Å². The number of ether oxygens (including phenoxy) is 4. The predicted molar refractivity (Wildman–Crippen MR) is 178 cm³/mol. The molecule has 2 bridgehead atoms. The quantitative estimate of drug-likeness (QED) is 0.264. The number of morpholine rings is 1. The number of pyridine rings is 1. The Bertz CT molecular complexity index is 2040. The van der Waals surface area contributed by atoms with Gasteiger partial charge in [-0.2, -0.15) is 9.97 Å². The Morgan fingerprint density at radius 3 is 2.67 bits per heavy atom. The normalized spacial score (nSPS) is 26.7. The molecule has 0 unspecified atom stereocenters. The first-order chi connectivity index (χ1) is 23.9. The molecule has 4 aromatic rings. The number of phenols is 1. The Morgan fingerprint density at radius 1 is 1.08 bits per heavy atom. The second-order valence-corrected chi connectivity index (χ2v) is 14.1. The van der Waals surface area contributed by atoms with E-state index in [1.165, 1.54) is 31.4 Å². The van der Waals surface area contributed by atoms with Crippen LogP contribution >= 0.6 is 0 Å². The lowest BCUT2D eigenvalue weighted by Crippen LogP contribution is -2.60. The molecule has 1 N–H and O–H groups in total. The highest BCUT2D eigenvalue weighted by Gasteiger charge is 2.51. The van der Waals surface area contributed by atoms with Gasteiger partial charge < -0.3 is 29.0 Å². The van der Waals surface area contributed by atoms with Crippen molar-refractivity contribution >= 4 is 27.5 Å². The van der Waals surface area contributed by atoms with E-state index in [9.17, 15) is 9.50 Å². The maximum Gasteiger partial charge on any atom is 0.319 e. The highest BCUT2D eigenvalue weighted by molar-refractivity contribution is 6.04. The van der Waals surface area contributed by atoms with Crippen LogP contribution in [0, 0.1) is 29.4 Å². The third-order valence-corrected chi connectivity index (χ3v) is 11.5. The number of hydrogen-bond acceptors (Lipinski definition) is 10. The Hall–Kier alpha value is -4.31. The number of hydrogen-bond donors (Lipinski definition) is 1. The monoisotopic (exact) mass is 669 g/mol. The fourth-order valence-electron chi connectivity index (χ4n) is 9.11. The number of benzene rings is 2. The fraction of sp³-hybridized carbons (Fsp3) is 0.486. The van der Waals surface area contributed by atoms with E-state index in [0.29, 0.717) is 48.4 Å². The molecule has 254 valence electrons. The number of nitrogens with zero attached hydrogens (tertiary/aromatic N) is 5. The number of fused-ring (bicyclic) bond motifs is 5. The van der Waals surface area contributed by atoms with Gasteiger partial charge in [0.2, 0.25) is 5.88 Å². The molecule has 1 saturated carbocycles. The zero-order valence-electron chi connectivity index (χ0n) is 27.3. The van der Waals surface area contributed by atoms with E-state index in [1.54, 1.807) is 0 Å². The number of aromatic nitrogens is 3. The van der Waals surface area contributed by atoms with E-state index in [4.69, 9.17) is 35.3 Å². The Morgan fingerprint density at radius 2 is 1.94 bits per heavy atom. The molecule has 12 heteroatoms. The van der Waals surface area contributed by atoms with Crippen molar-refractivity contribution in [2.75, 3.05) is 51.5 Å². The first-order valence-corrected chi connectivity index (χ1v) is 17.1. The van der Waals surface area contributed by atoms with Crippen LogP contribution in [0.1, 0.15) is 44.1 Å². The van der Waals surface area contributed by atoms with Crippen LogP contribution in [0.4, 0.5) is 14.6 Å². The highest BCUT2D eigenvalue weighted by Crippen LogP contribution is 2.50. The standard InChI is InChI=1S/C37H37F2N5O5/c1-3-25-27(38)8-7-20-12-23(45)14-26(29(20)25)32-31(39)33-30(35(40-32)46-2)34(44-15-24-13-21(44)18-48-24)42-36(41-33)49-19-37-9-4-6-28(37)43(11-5-10-37)22-16-47-17-22/h1,7-8,12,14,21-22,24,28,45H,4-6,9-11,13,15-19H2,2H3/t21-,24-,28-,37-/m1/s1. The third-order valence-electron chi connectivity index (χ3n) is 11.5. The SMILES string of the molecule is C#Cc1c(F)ccc2cc(O)cc(-c3nc(OC)c4c(N5C[C@H]6C[C@@H]5CO6)nc(OC[C@]56CCC[C@H]5N(C5COC5)CCC6)nc4c3F)c12. The van der Waals surface area contributed by atoms with Crippen molar-refractivity contribution in [3.63, 3.8) is 0 Å². The molecule has 5 fully saturated rings. The molecule has 1 aliphatic carbocycles. The van der Waals surface area contributed by atoms with Crippen LogP contribution in [-0.2, 0) is 9.47 Å². The number of phenolic OH excluding ortho intramolecular Hbond substituents is 1. The van der Waals surface area contributed by atoms with Crippen LogP contribution in [0.5, 0.6) is 17.6 Å². The summed E-state index contributed by atoms with van der Waals surface area (Å²) in [7, 11) is 1.45. The van der Waals surface area contributed by atoms with E-state index in [2.05, 4.69) is 20.7 Å². The minimum absolute atomic E-state index is 0.0417. The zero-order valence-corrected chi connectivity index (χ0v) is 27.3. The molecular weight excluding hydrogens is 632 g/mol. The van der Waals surface area contributed by atoms with Crippen LogP contribution < -0.4 is 14.4 Å². The van der Waals surface area contributed by atoms with Gasteiger partial charge in [-0.25, -0.2) is 13.8 Å². The van der Waals surface area contributed by atoms with Crippen molar-refractivity contribution in [1.29, 1.82) is 0 Å². The first kappa shape index (κ1) is 30.7. The maximum absolute atomic E-state index is 17.1. The number of halogens is 2. The Labute approximate surface area is 282 Å². The Kier molecular flexibility index (Phi) is 7.30. The van der Waals surface area contributed by atoms with Gasteiger partial charge in [-0.1, -0.05) is 18.4 Å². The molecule has 5 aliphatic rings. The van der Waals surface area contributed by atoms with Crippen LogP contribution in [0.25, 0.3) is 32.9 Å². The van der Waals surface area contributed by atoms with Crippen LogP contribution in [0.3, 0.4) is 0 Å². The van der Waals surface area contributed by atoms with Gasteiger partial charge in [-0.05, 0) is 62.2 Å². The van der Waals surface area contributed by atoms with Crippen molar-refractivity contribution in [2.45, 2.75) is 62.8 Å². The van der Waals surface area contributed by atoms with Crippen molar-refractivity contribution in [1.82, 2.24) is 19.9 Å². The fourth-order valence-corrected chi connectivity index (χ4v) is 9.11. The van der Waals surface area contributed by atoms with Gasteiger partial charge in [-0.15, -0.1) is 6.42 Å². The van der Waals surface area contributed by atoms with Crippen molar-refractivity contribution in [3.05, 3.63) is 41.5 Å². The van der Waals surface area contributed by atoms with Gasteiger partial charge >= 0.3 is 6.01 Å². The number of aromatic hydroxyl groups is 1. The lowest BCUT2D eigenvalue weighted by atomic mass is 9.75. The summed E-state index contributed by atoms with van der Waals surface area (Å²) in [5, 5.41) is 11.7. The summed E-state index contributed by atoms with van der Waals surface area (Å²) in [6, 6.07) is 6.45. The number of piperidine rings is 1. The van der Waals surface area contributed by atoms with Crippen LogP contribution in [0.15, 0.2) is 24.3 Å². The Balaban J connectivity index is 1.19. The average molecular weight is 670 g/mol. The van der Waals surface area contributed by atoms with E-state index in [1.807, 2.05) is 0 Å². The summed E-state index contributed by atoms with van der Waals surface area (Å²) >= 11 is 0. The second-order valence-electron chi connectivity index (χ2n) is 14.1. The summed E-state index contributed by atoms with van der Waals surface area (Å²) in [4.78, 5) is 19.0. The number of anilines is 1. The lowest BCUT2D eigenvalue weighted by molar-refractivity contribution is -0.115. The minimum Gasteiger partial charge on any atom is -0.508 e. The van der Waals surface area contributed by atoms with E-state index < -0.39 is 11.6 Å². The predicted octanol–water partition coefficient (Wildman–Crippen LogP) is 5.21. The zero-order chi connectivity index (χ0) is 33.4. The van der Waals surface area contributed by atoms with E-state index >= 15 is 4.39 Å². The number of likely N-dealkylation sites (tertiary alicyclic amines) is 1. The van der Waals surface area contributed by atoms with Gasteiger partial charge in [0, 0.05) is 29.0 Å². The first-order valence-electron chi connectivity index (χ1n) is 17.1. The van der Waals surface area contributed by atoms with Gasteiger partial charge in [0.15, 0.2) is 5.82 Å². The molecule has 4 atom stereocenters. The van der Waals surface area contributed by atoms with E-state index in [0.717, 1.165) is 58.3 Å². The van der Waals surface area contributed by atoms with Crippen LogP contribution in [0.2, 0.25) is 0 Å². The molecule has 10 nitrogen and oxygen atoms in total. The molecule has 0 radical (unpaired) electrons. The summed E-state index contributed by atoms with van der Waals surface area (Å²) < 4.78 is 55.9. The molecule has 0 amide bonds. The van der Waals surface area contributed by atoms with Crippen molar-refractivity contribution < 1.29 is 32.8 Å². The smallest absolute Gasteiger partial charge is 0.319 e. The topological polar surface area (TPSA) is 102 Å². The van der Waals surface area contributed by atoms with Gasteiger partial charge in [0.05, 0.1) is 57.3 Å². The molecule has 0 spiro atoms. The third kappa shape index (κ3) is 4.81. The molecule has 4 aliphatic heterocycles. The number of terminal acetylenes is 1. The molecule has 49 heavy (non-hydrogen) atoms. The summed E-state index contributed by atoms with van der Waals surface area (Å²) in [5.74, 6) is 1.38. The number of methoxy groups -OCH3 is 1. The molecule has 2 aromatic heterocycles. The number of rotatable bonds is 7. The summed E-state index contributed by atoms with van der Waals surface area (Å²) in [6.07, 6.45) is 12.0. The molecule has 9 rings (SSSR count). The van der Waals surface area contributed by atoms with Gasteiger partial charge in [0.25, 0.3) is 0 Å². The second kappa shape index (κ2) is 11.6. The molecule has 4 saturated heterocycles. The molecule has 2 aromatic carbocycles.